The van der Waals surface area contributed by atoms with Crippen LogP contribution in [0.5, 0.6) is 0 Å². The van der Waals surface area contributed by atoms with E-state index in [4.69, 9.17) is 10.5 Å². The van der Waals surface area contributed by atoms with E-state index < -0.39 is 0 Å². The van der Waals surface area contributed by atoms with Crippen molar-refractivity contribution in [2.45, 2.75) is 58.9 Å². The van der Waals surface area contributed by atoms with E-state index in [9.17, 15) is 0 Å². The van der Waals surface area contributed by atoms with Gasteiger partial charge in [0.25, 0.3) is 0 Å². The molecule has 0 radical (unpaired) electrons. The largest absolute Gasteiger partial charge is 0.382 e. The number of rotatable bonds is 9. The molecule has 1 saturated heterocycles. The predicted molar refractivity (Wildman–Crippen MR) is 94.3 cm³/mol. The fourth-order valence-electron chi connectivity index (χ4n) is 2.96. The van der Waals surface area contributed by atoms with Crippen LogP contribution in [0.15, 0.2) is 4.99 Å². The lowest BCUT2D eigenvalue weighted by Gasteiger charge is -2.32. The van der Waals surface area contributed by atoms with Crippen molar-refractivity contribution >= 4 is 5.96 Å². The first-order valence-electron chi connectivity index (χ1n) is 9.00. The Kier molecular flexibility index (Phi) is 10.2. The van der Waals surface area contributed by atoms with Crippen LogP contribution in [0.1, 0.15) is 52.9 Å². The molecule has 0 aromatic rings. The van der Waals surface area contributed by atoms with E-state index in [1.54, 1.807) is 0 Å². The highest BCUT2D eigenvalue weighted by atomic mass is 16.5. The Morgan fingerprint density at radius 3 is 2.50 bits per heavy atom. The molecule has 1 atom stereocenters. The Bertz CT molecular complexity index is 299. The summed E-state index contributed by atoms with van der Waals surface area (Å²) in [6.45, 7) is 12.2. The zero-order valence-corrected chi connectivity index (χ0v) is 14.8. The lowest BCUT2D eigenvalue weighted by atomic mass is 10.0. The van der Waals surface area contributed by atoms with Crippen molar-refractivity contribution in [3.63, 3.8) is 0 Å². The van der Waals surface area contributed by atoms with E-state index in [1.165, 1.54) is 38.8 Å². The van der Waals surface area contributed by atoms with Gasteiger partial charge in [-0.1, -0.05) is 26.7 Å². The van der Waals surface area contributed by atoms with Crippen LogP contribution >= 0.6 is 0 Å². The Balaban J connectivity index is 2.36. The average molecular weight is 313 g/mol. The van der Waals surface area contributed by atoms with Gasteiger partial charge in [0.1, 0.15) is 0 Å². The van der Waals surface area contributed by atoms with Gasteiger partial charge in [-0.15, -0.1) is 0 Å². The van der Waals surface area contributed by atoms with Crippen molar-refractivity contribution in [2.24, 2.45) is 16.6 Å². The SMILES string of the molecule is CCOCCCNC(N)=NCC(C(C)C)N1CCCCCC1. The normalized spacial score (nSPS) is 19.2. The highest BCUT2D eigenvalue weighted by Crippen LogP contribution is 2.17. The maximum Gasteiger partial charge on any atom is 0.188 e. The number of nitrogens with two attached hydrogens (primary N) is 1. The van der Waals surface area contributed by atoms with Gasteiger partial charge < -0.3 is 15.8 Å². The summed E-state index contributed by atoms with van der Waals surface area (Å²) in [5, 5.41) is 3.18. The first-order valence-corrected chi connectivity index (χ1v) is 9.00. The topological polar surface area (TPSA) is 62.9 Å². The highest BCUT2D eigenvalue weighted by Gasteiger charge is 2.22. The van der Waals surface area contributed by atoms with Gasteiger partial charge in [0.05, 0.1) is 6.54 Å². The van der Waals surface area contributed by atoms with Crippen LogP contribution in [-0.2, 0) is 4.74 Å². The summed E-state index contributed by atoms with van der Waals surface area (Å²) in [4.78, 5) is 7.18. The van der Waals surface area contributed by atoms with E-state index in [0.717, 1.165) is 32.7 Å². The van der Waals surface area contributed by atoms with Crippen molar-refractivity contribution in [1.82, 2.24) is 10.2 Å². The summed E-state index contributed by atoms with van der Waals surface area (Å²) in [5.41, 5.74) is 5.98. The molecule has 0 saturated carbocycles. The van der Waals surface area contributed by atoms with E-state index in [1.807, 2.05) is 6.92 Å². The number of aliphatic imine (C=N–C) groups is 1. The van der Waals surface area contributed by atoms with Crippen molar-refractivity contribution in [1.29, 1.82) is 0 Å². The summed E-state index contributed by atoms with van der Waals surface area (Å²) in [6.07, 6.45) is 6.34. The molecule has 1 fully saturated rings. The molecule has 1 heterocycles. The molecule has 1 rings (SSSR count). The molecule has 0 amide bonds. The monoisotopic (exact) mass is 312 g/mol. The molecule has 0 aromatic heterocycles. The van der Waals surface area contributed by atoms with Crippen LogP contribution in [-0.4, -0.2) is 56.3 Å². The number of hydrogen-bond acceptors (Lipinski definition) is 3. The molecule has 0 aromatic carbocycles. The minimum absolute atomic E-state index is 0.502. The second kappa shape index (κ2) is 11.7. The molecule has 1 unspecified atom stereocenters. The minimum Gasteiger partial charge on any atom is -0.382 e. The molecule has 5 heteroatoms. The quantitative estimate of drug-likeness (QED) is 0.389. The van der Waals surface area contributed by atoms with Gasteiger partial charge in [-0.3, -0.25) is 9.89 Å². The number of ether oxygens (including phenoxy) is 1. The summed E-state index contributed by atoms with van der Waals surface area (Å²) in [7, 11) is 0. The van der Waals surface area contributed by atoms with Gasteiger partial charge in [0.2, 0.25) is 0 Å². The molecular weight excluding hydrogens is 276 g/mol. The average Bonchev–Trinajstić information content (AvgIpc) is 2.76. The third-order valence-electron chi connectivity index (χ3n) is 4.30. The lowest BCUT2D eigenvalue weighted by molar-refractivity contribution is 0.145. The van der Waals surface area contributed by atoms with Crippen LogP contribution in [0, 0.1) is 5.92 Å². The summed E-state index contributed by atoms with van der Waals surface area (Å²) in [6, 6.07) is 0.502. The van der Waals surface area contributed by atoms with Gasteiger partial charge in [-0.25, -0.2) is 0 Å². The van der Waals surface area contributed by atoms with Crippen molar-refractivity contribution in [3.05, 3.63) is 0 Å². The van der Waals surface area contributed by atoms with Crippen LogP contribution in [0.2, 0.25) is 0 Å². The molecule has 130 valence electrons. The summed E-state index contributed by atoms with van der Waals surface area (Å²) < 4.78 is 5.31. The predicted octanol–water partition coefficient (Wildman–Crippen LogP) is 2.22. The molecule has 22 heavy (non-hydrogen) atoms. The van der Waals surface area contributed by atoms with Crippen LogP contribution in [0.25, 0.3) is 0 Å². The van der Waals surface area contributed by atoms with Gasteiger partial charge in [-0.05, 0) is 45.2 Å². The first kappa shape index (κ1) is 19.2. The van der Waals surface area contributed by atoms with Crippen LogP contribution in [0.4, 0.5) is 0 Å². The van der Waals surface area contributed by atoms with E-state index >= 15 is 0 Å². The molecule has 1 aliphatic rings. The lowest BCUT2D eigenvalue weighted by Crippen LogP contribution is -2.43. The maximum atomic E-state index is 5.98. The maximum absolute atomic E-state index is 5.98. The molecular formula is C17H36N4O. The van der Waals surface area contributed by atoms with Gasteiger partial charge in [0.15, 0.2) is 5.96 Å². The summed E-state index contributed by atoms with van der Waals surface area (Å²) in [5.74, 6) is 1.17. The number of hydrogen-bond donors (Lipinski definition) is 2. The van der Waals surface area contributed by atoms with E-state index in [0.29, 0.717) is 17.9 Å². The van der Waals surface area contributed by atoms with Crippen molar-refractivity contribution in [3.8, 4) is 0 Å². The Morgan fingerprint density at radius 1 is 1.23 bits per heavy atom. The number of likely N-dealkylation sites (tertiary alicyclic amines) is 1. The van der Waals surface area contributed by atoms with Gasteiger partial charge >= 0.3 is 0 Å². The Morgan fingerprint density at radius 2 is 1.91 bits per heavy atom. The fraction of sp³-hybridized carbons (Fsp3) is 0.941. The Hall–Kier alpha value is -0.810. The first-order chi connectivity index (χ1) is 10.6. The van der Waals surface area contributed by atoms with Gasteiger partial charge in [-0.2, -0.15) is 0 Å². The second-order valence-electron chi connectivity index (χ2n) is 6.46. The van der Waals surface area contributed by atoms with Crippen LogP contribution in [0.3, 0.4) is 0 Å². The van der Waals surface area contributed by atoms with Crippen LogP contribution < -0.4 is 11.1 Å². The fourth-order valence-corrected chi connectivity index (χ4v) is 2.96. The molecule has 5 nitrogen and oxygen atoms in total. The van der Waals surface area contributed by atoms with E-state index in [-0.39, 0.29) is 0 Å². The molecule has 0 bridgehead atoms. The molecule has 3 N–H and O–H groups in total. The van der Waals surface area contributed by atoms with E-state index in [2.05, 4.69) is 29.1 Å². The zero-order chi connectivity index (χ0) is 16.2. The van der Waals surface area contributed by atoms with Gasteiger partial charge in [0, 0.05) is 25.8 Å². The molecule has 1 aliphatic heterocycles. The number of guanidine groups is 1. The van der Waals surface area contributed by atoms with Crippen molar-refractivity contribution < 1.29 is 4.74 Å². The third kappa shape index (κ3) is 7.99. The summed E-state index contributed by atoms with van der Waals surface area (Å²) >= 11 is 0. The standard InChI is InChI=1S/C17H36N4O/c1-4-22-13-9-10-19-17(18)20-14-16(15(2)3)21-11-7-5-6-8-12-21/h15-16H,4-14H2,1-3H3,(H3,18,19,20). The molecule has 0 spiro atoms. The van der Waals surface area contributed by atoms with Crippen molar-refractivity contribution in [2.75, 3.05) is 39.4 Å². The Labute approximate surface area is 136 Å². The minimum atomic E-state index is 0.502. The number of nitrogens with zero attached hydrogens (tertiary/aromatic N) is 2. The number of nitrogens with one attached hydrogen (secondary N) is 1. The smallest absolute Gasteiger partial charge is 0.188 e. The third-order valence-corrected chi connectivity index (χ3v) is 4.30. The molecule has 0 aliphatic carbocycles. The second-order valence-corrected chi connectivity index (χ2v) is 6.46. The highest BCUT2D eigenvalue weighted by molar-refractivity contribution is 5.77. The zero-order valence-electron chi connectivity index (χ0n) is 14.8.